The predicted molar refractivity (Wildman–Crippen MR) is 61.8 cm³/mol. The molecule has 2 N–H and O–H groups in total. The molecule has 0 amide bonds. The van der Waals surface area contributed by atoms with E-state index in [0.29, 0.717) is 11.3 Å². The lowest BCUT2D eigenvalue weighted by Crippen LogP contribution is -2.04. The zero-order chi connectivity index (χ0) is 11.1. The van der Waals surface area contributed by atoms with Gasteiger partial charge in [-0.1, -0.05) is 18.2 Å². The van der Waals surface area contributed by atoms with E-state index in [0.717, 1.165) is 5.56 Å². The standard InChI is InChI=1S/C10H12N2O2S/c1-14-10(13)9-5-3-2-4-8(9)6-15-7-12-11/h2-5,7H,6,11H2,1H3. The summed E-state index contributed by atoms with van der Waals surface area (Å²) in [6.45, 7) is 0. The summed E-state index contributed by atoms with van der Waals surface area (Å²) in [6.07, 6.45) is 0. The number of nitrogens with zero attached hydrogens (tertiary/aromatic N) is 1. The lowest BCUT2D eigenvalue weighted by atomic mass is 10.1. The molecule has 0 atom stereocenters. The van der Waals surface area contributed by atoms with Gasteiger partial charge in [0, 0.05) is 5.75 Å². The normalized spacial score (nSPS) is 10.5. The van der Waals surface area contributed by atoms with Crippen LogP contribution in [0.2, 0.25) is 0 Å². The van der Waals surface area contributed by atoms with Crippen LogP contribution < -0.4 is 5.84 Å². The molecule has 5 heteroatoms. The fourth-order valence-electron chi connectivity index (χ4n) is 1.13. The van der Waals surface area contributed by atoms with Crippen molar-refractivity contribution in [3.8, 4) is 0 Å². The van der Waals surface area contributed by atoms with E-state index in [9.17, 15) is 4.79 Å². The summed E-state index contributed by atoms with van der Waals surface area (Å²) in [5.41, 5.74) is 3.03. The van der Waals surface area contributed by atoms with Gasteiger partial charge < -0.3 is 10.6 Å². The highest BCUT2D eigenvalue weighted by molar-refractivity contribution is 8.11. The van der Waals surface area contributed by atoms with E-state index in [1.54, 1.807) is 12.1 Å². The zero-order valence-corrected chi connectivity index (χ0v) is 9.16. The summed E-state index contributed by atoms with van der Waals surface area (Å²) in [5, 5.41) is 3.37. The van der Waals surface area contributed by atoms with Gasteiger partial charge in [-0.15, -0.1) is 11.8 Å². The molecule has 4 nitrogen and oxygen atoms in total. The van der Waals surface area contributed by atoms with Crippen molar-refractivity contribution in [2.45, 2.75) is 5.75 Å². The molecule has 1 aromatic rings. The van der Waals surface area contributed by atoms with Gasteiger partial charge in [-0.2, -0.15) is 5.10 Å². The van der Waals surface area contributed by atoms with Crippen LogP contribution in [0.15, 0.2) is 29.4 Å². The maximum Gasteiger partial charge on any atom is 0.338 e. The van der Waals surface area contributed by atoms with Crippen LogP contribution in [0, 0.1) is 0 Å². The Hall–Kier alpha value is -1.49. The van der Waals surface area contributed by atoms with E-state index in [2.05, 4.69) is 9.84 Å². The first-order valence-corrected chi connectivity index (χ1v) is 5.34. The molecule has 0 unspecified atom stereocenters. The molecule has 0 radical (unpaired) electrons. The molecule has 80 valence electrons. The van der Waals surface area contributed by atoms with Crippen LogP contribution >= 0.6 is 11.8 Å². The number of rotatable bonds is 4. The molecule has 0 spiro atoms. The van der Waals surface area contributed by atoms with Gasteiger partial charge in [-0.25, -0.2) is 4.79 Å². The van der Waals surface area contributed by atoms with Gasteiger partial charge in [0.2, 0.25) is 0 Å². The molecule has 0 aliphatic heterocycles. The molecule has 0 bridgehead atoms. The summed E-state index contributed by atoms with van der Waals surface area (Å²) in [6, 6.07) is 7.30. The summed E-state index contributed by atoms with van der Waals surface area (Å²) in [4.78, 5) is 11.4. The van der Waals surface area contributed by atoms with Crippen LogP contribution in [-0.2, 0) is 10.5 Å². The number of carbonyl (C=O) groups excluding carboxylic acids is 1. The molecular weight excluding hydrogens is 212 g/mol. The van der Waals surface area contributed by atoms with Crippen LogP contribution in [0.3, 0.4) is 0 Å². The molecule has 0 heterocycles. The smallest absolute Gasteiger partial charge is 0.338 e. The zero-order valence-electron chi connectivity index (χ0n) is 8.34. The molecule has 0 saturated heterocycles. The third-order valence-corrected chi connectivity index (χ3v) is 2.55. The molecular formula is C10H12N2O2S. The summed E-state index contributed by atoms with van der Waals surface area (Å²) in [5.74, 6) is 5.30. The van der Waals surface area contributed by atoms with Crippen LogP contribution in [-0.4, -0.2) is 18.6 Å². The Morgan fingerprint density at radius 2 is 2.33 bits per heavy atom. The first-order valence-electron chi connectivity index (χ1n) is 4.29. The first-order chi connectivity index (χ1) is 7.29. The number of hydrogen-bond donors (Lipinski definition) is 1. The highest BCUT2D eigenvalue weighted by atomic mass is 32.2. The first kappa shape index (κ1) is 11.6. The van der Waals surface area contributed by atoms with Gasteiger partial charge in [0.1, 0.15) is 0 Å². The van der Waals surface area contributed by atoms with E-state index in [-0.39, 0.29) is 5.97 Å². The average Bonchev–Trinajstić information content (AvgIpc) is 2.29. The summed E-state index contributed by atoms with van der Waals surface area (Å²) < 4.78 is 4.68. The van der Waals surface area contributed by atoms with E-state index in [1.165, 1.54) is 24.4 Å². The maximum absolute atomic E-state index is 11.4. The monoisotopic (exact) mass is 224 g/mol. The van der Waals surface area contributed by atoms with Gasteiger partial charge in [0.25, 0.3) is 0 Å². The number of hydrogen-bond acceptors (Lipinski definition) is 5. The van der Waals surface area contributed by atoms with Crippen LogP contribution in [0.4, 0.5) is 0 Å². The van der Waals surface area contributed by atoms with Gasteiger partial charge in [-0.05, 0) is 11.6 Å². The van der Waals surface area contributed by atoms with Gasteiger partial charge in [0.05, 0.1) is 18.2 Å². The Bertz CT molecular complexity index is 366. The van der Waals surface area contributed by atoms with Crippen molar-refractivity contribution in [1.82, 2.24) is 0 Å². The average molecular weight is 224 g/mol. The van der Waals surface area contributed by atoms with Gasteiger partial charge >= 0.3 is 5.97 Å². The molecule has 15 heavy (non-hydrogen) atoms. The minimum Gasteiger partial charge on any atom is -0.465 e. The maximum atomic E-state index is 11.4. The van der Waals surface area contributed by atoms with Crippen molar-refractivity contribution < 1.29 is 9.53 Å². The van der Waals surface area contributed by atoms with E-state index in [1.807, 2.05) is 12.1 Å². The second-order valence-corrected chi connectivity index (χ2v) is 3.55. The summed E-state index contributed by atoms with van der Waals surface area (Å²) >= 11 is 1.42. The highest BCUT2D eigenvalue weighted by Gasteiger charge is 2.09. The highest BCUT2D eigenvalue weighted by Crippen LogP contribution is 2.15. The van der Waals surface area contributed by atoms with Gasteiger partial charge in [-0.3, -0.25) is 0 Å². The third-order valence-electron chi connectivity index (χ3n) is 1.80. The van der Waals surface area contributed by atoms with E-state index in [4.69, 9.17) is 5.84 Å². The van der Waals surface area contributed by atoms with Crippen molar-refractivity contribution in [3.05, 3.63) is 35.4 Å². The van der Waals surface area contributed by atoms with Crippen LogP contribution in [0.5, 0.6) is 0 Å². The second-order valence-electron chi connectivity index (χ2n) is 2.71. The quantitative estimate of drug-likeness (QED) is 0.277. The molecule has 1 rings (SSSR count). The van der Waals surface area contributed by atoms with Gasteiger partial charge in [0.15, 0.2) is 0 Å². The minimum atomic E-state index is -0.323. The number of carbonyl (C=O) groups is 1. The van der Waals surface area contributed by atoms with E-state index >= 15 is 0 Å². The van der Waals surface area contributed by atoms with Crippen molar-refractivity contribution in [2.75, 3.05) is 7.11 Å². The Balaban J connectivity index is 2.81. The Morgan fingerprint density at radius 1 is 1.60 bits per heavy atom. The van der Waals surface area contributed by atoms with Crippen molar-refractivity contribution in [3.63, 3.8) is 0 Å². The Morgan fingerprint density at radius 3 is 3.00 bits per heavy atom. The molecule has 0 aromatic heterocycles. The van der Waals surface area contributed by atoms with E-state index < -0.39 is 0 Å². The number of nitrogens with two attached hydrogens (primary N) is 1. The fourth-order valence-corrected chi connectivity index (χ4v) is 1.72. The molecule has 0 fully saturated rings. The van der Waals surface area contributed by atoms with Crippen molar-refractivity contribution in [2.24, 2.45) is 10.9 Å². The topological polar surface area (TPSA) is 64.7 Å². The third kappa shape index (κ3) is 3.28. The fraction of sp³-hybridized carbons (Fsp3) is 0.200. The van der Waals surface area contributed by atoms with Crippen molar-refractivity contribution in [1.29, 1.82) is 0 Å². The number of benzene rings is 1. The number of ether oxygens (including phenoxy) is 1. The number of hydrazone groups is 1. The van der Waals surface area contributed by atoms with Crippen LogP contribution in [0.1, 0.15) is 15.9 Å². The molecule has 1 aromatic carbocycles. The number of methoxy groups -OCH3 is 1. The molecule has 0 saturated carbocycles. The summed E-state index contributed by atoms with van der Waals surface area (Å²) in [7, 11) is 1.37. The SMILES string of the molecule is COC(=O)c1ccccc1CSC=NN. The number of thioether (sulfide) groups is 1. The largest absolute Gasteiger partial charge is 0.465 e. The molecule has 0 aliphatic rings. The minimum absolute atomic E-state index is 0.323. The predicted octanol–water partition coefficient (Wildman–Crippen LogP) is 1.61. The number of esters is 1. The lowest BCUT2D eigenvalue weighted by molar-refractivity contribution is 0.0600. The Labute approximate surface area is 92.5 Å². The van der Waals surface area contributed by atoms with Crippen LogP contribution in [0.25, 0.3) is 0 Å². The Kier molecular flexibility index (Phi) is 4.70. The molecule has 0 aliphatic carbocycles. The lowest BCUT2D eigenvalue weighted by Gasteiger charge is -2.05. The second kappa shape index (κ2) is 6.08. The van der Waals surface area contributed by atoms with Crippen molar-refractivity contribution >= 4 is 23.3 Å².